The summed E-state index contributed by atoms with van der Waals surface area (Å²) in [6.07, 6.45) is 9.86. The number of rotatable bonds is 4. The van der Waals surface area contributed by atoms with Crippen LogP contribution in [-0.4, -0.2) is 13.0 Å². The highest BCUT2D eigenvalue weighted by Gasteiger charge is 2.35. The molecule has 0 saturated heterocycles. The van der Waals surface area contributed by atoms with E-state index >= 15 is 0 Å². The summed E-state index contributed by atoms with van der Waals surface area (Å²) in [6, 6.07) is 0. The molecule has 0 bridgehead atoms. The highest BCUT2D eigenvalue weighted by Crippen LogP contribution is 2.40. The van der Waals surface area contributed by atoms with Crippen molar-refractivity contribution in [3.05, 3.63) is 23.8 Å². The molecule has 0 unspecified atom stereocenters. The van der Waals surface area contributed by atoms with E-state index in [4.69, 9.17) is 0 Å². The lowest BCUT2D eigenvalue weighted by Gasteiger charge is -2.35. The second-order valence-corrected chi connectivity index (χ2v) is 6.16. The Kier molecular flexibility index (Phi) is 4.18. The molecule has 0 radical (unpaired) electrons. The number of carbonyl (C=O) groups excluding carboxylic acids is 1. The van der Waals surface area contributed by atoms with Crippen molar-refractivity contribution in [1.82, 2.24) is 5.32 Å². The zero-order chi connectivity index (χ0) is 13.1. The minimum atomic E-state index is -0.329. The fourth-order valence-corrected chi connectivity index (χ4v) is 2.74. The van der Waals surface area contributed by atoms with E-state index in [0.29, 0.717) is 0 Å². The van der Waals surface area contributed by atoms with Gasteiger partial charge in [-0.2, -0.15) is 0 Å². The van der Waals surface area contributed by atoms with Crippen LogP contribution in [0.1, 0.15) is 47.0 Å². The van der Waals surface area contributed by atoms with E-state index in [9.17, 15) is 4.79 Å². The van der Waals surface area contributed by atoms with Gasteiger partial charge in [-0.25, -0.2) is 0 Å². The number of hydrogen-bond donors (Lipinski definition) is 1. The molecule has 1 aliphatic carbocycles. The fraction of sp³-hybridized carbons (Fsp3) is 0.667. The molecule has 1 rings (SSSR count). The summed E-state index contributed by atoms with van der Waals surface area (Å²) in [5, 5.41) is 2.75. The van der Waals surface area contributed by atoms with Crippen molar-refractivity contribution < 1.29 is 4.79 Å². The summed E-state index contributed by atoms with van der Waals surface area (Å²) in [5.74, 6) is 0.117. The van der Waals surface area contributed by atoms with Crippen molar-refractivity contribution in [2.45, 2.75) is 47.0 Å². The van der Waals surface area contributed by atoms with Gasteiger partial charge >= 0.3 is 0 Å². The van der Waals surface area contributed by atoms with Crippen molar-refractivity contribution in [3.63, 3.8) is 0 Å². The Bertz CT molecular complexity index is 348. The quantitative estimate of drug-likeness (QED) is 0.794. The topological polar surface area (TPSA) is 29.1 Å². The molecule has 96 valence electrons. The molecule has 0 spiro atoms. The lowest BCUT2D eigenvalue weighted by molar-refractivity contribution is -0.130. The Morgan fingerprint density at radius 2 is 1.94 bits per heavy atom. The van der Waals surface area contributed by atoms with Crippen LogP contribution in [0.3, 0.4) is 0 Å². The van der Waals surface area contributed by atoms with Crippen LogP contribution in [0.15, 0.2) is 23.8 Å². The predicted molar refractivity (Wildman–Crippen MR) is 72.7 cm³/mol. The number of carbonyl (C=O) groups is 1. The number of hydrogen-bond acceptors (Lipinski definition) is 1. The van der Waals surface area contributed by atoms with Crippen LogP contribution in [0.4, 0.5) is 0 Å². The molecule has 0 aliphatic heterocycles. The summed E-state index contributed by atoms with van der Waals surface area (Å²) in [7, 11) is 1.71. The fourth-order valence-electron chi connectivity index (χ4n) is 2.74. The second-order valence-electron chi connectivity index (χ2n) is 6.16. The molecule has 2 heteroatoms. The molecule has 1 amide bonds. The maximum atomic E-state index is 11.8. The summed E-state index contributed by atoms with van der Waals surface area (Å²) < 4.78 is 0. The van der Waals surface area contributed by atoms with Gasteiger partial charge in [0.1, 0.15) is 0 Å². The Hall–Kier alpha value is -1.05. The summed E-state index contributed by atoms with van der Waals surface area (Å²) in [5.41, 5.74) is 1.08. The van der Waals surface area contributed by atoms with Crippen molar-refractivity contribution in [2.24, 2.45) is 10.8 Å². The van der Waals surface area contributed by atoms with Gasteiger partial charge in [0.25, 0.3) is 0 Å². The number of amides is 1. The average Bonchev–Trinajstić information content (AvgIpc) is 2.27. The van der Waals surface area contributed by atoms with Crippen LogP contribution in [0, 0.1) is 10.8 Å². The van der Waals surface area contributed by atoms with Gasteiger partial charge in [-0.15, -0.1) is 0 Å². The van der Waals surface area contributed by atoms with Gasteiger partial charge in [0, 0.05) is 12.5 Å². The minimum absolute atomic E-state index is 0.0485. The van der Waals surface area contributed by atoms with Gasteiger partial charge in [-0.05, 0) is 30.3 Å². The van der Waals surface area contributed by atoms with Crippen LogP contribution >= 0.6 is 0 Å². The van der Waals surface area contributed by atoms with E-state index in [2.05, 4.69) is 37.4 Å². The minimum Gasteiger partial charge on any atom is -0.359 e. The van der Waals surface area contributed by atoms with Gasteiger partial charge in [-0.1, -0.05) is 45.9 Å². The molecule has 0 atom stereocenters. The summed E-state index contributed by atoms with van der Waals surface area (Å²) >= 11 is 0. The van der Waals surface area contributed by atoms with Gasteiger partial charge in [0.05, 0.1) is 0 Å². The molecule has 1 aliphatic rings. The first kappa shape index (κ1) is 14.0. The number of nitrogens with one attached hydrogen (secondary N) is 1. The highest BCUT2D eigenvalue weighted by atomic mass is 16.2. The highest BCUT2D eigenvalue weighted by molar-refractivity contribution is 5.81. The standard InChI is InChI=1S/C15H25NO/c1-14(2,12-9-7-6-8-10-12)11-15(3,4)13(17)16-5/h7,9-10H,6,8,11H2,1-5H3,(H,16,17). The Labute approximate surface area is 105 Å². The SMILES string of the molecule is CNC(=O)C(C)(C)CC(C)(C)C1=CCCC=C1. The molecule has 0 fully saturated rings. The Balaban J connectivity index is 2.82. The third-order valence-corrected chi connectivity index (χ3v) is 3.50. The maximum absolute atomic E-state index is 11.8. The van der Waals surface area contributed by atoms with E-state index in [1.807, 2.05) is 13.8 Å². The summed E-state index contributed by atoms with van der Waals surface area (Å²) in [6.45, 7) is 8.47. The number of allylic oxidation sites excluding steroid dienone is 4. The zero-order valence-corrected chi connectivity index (χ0v) is 11.8. The van der Waals surface area contributed by atoms with Crippen LogP contribution < -0.4 is 5.32 Å². The first-order valence-corrected chi connectivity index (χ1v) is 6.39. The zero-order valence-electron chi connectivity index (χ0n) is 11.8. The normalized spacial score (nSPS) is 16.6. The van der Waals surface area contributed by atoms with Crippen LogP contribution in [-0.2, 0) is 4.79 Å². The van der Waals surface area contributed by atoms with Gasteiger partial charge in [-0.3, -0.25) is 4.79 Å². The lowest BCUT2D eigenvalue weighted by Crippen LogP contribution is -2.38. The molecule has 0 aromatic rings. The van der Waals surface area contributed by atoms with Crippen LogP contribution in [0.25, 0.3) is 0 Å². The van der Waals surface area contributed by atoms with Gasteiger partial charge in [0.2, 0.25) is 5.91 Å². The van der Waals surface area contributed by atoms with E-state index in [1.165, 1.54) is 5.57 Å². The second kappa shape index (κ2) is 5.07. The van der Waals surface area contributed by atoms with E-state index in [1.54, 1.807) is 7.05 Å². The Morgan fingerprint density at radius 1 is 1.29 bits per heavy atom. The molecular weight excluding hydrogens is 210 g/mol. The van der Waals surface area contributed by atoms with Crippen molar-refractivity contribution in [1.29, 1.82) is 0 Å². The van der Waals surface area contributed by atoms with Gasteiger partial charge in [0.15, 0.2) is 0 Å². The van der Waals surface area contributed by atoms with E-state index < -0.39 is 0 Å². The smallest absolute Gasteiger partial charge is 0.225 e. The third-order valence-electron chi connectivity index (χ3n) is 3.50. The van der Waals surface area contributed by atoms with Crippen molar-refractivity contribution in [2.75, 3.05) is 7.05 Å². The molecule has 1 N–H and O–H groups in total. The lowest BCUT2D eigenvalue weighted by atomic mass is 9.69. The largest absolute Gasteiger partial charge is 0.359 e. The predicted octanol–water partition coefficient (Wildman–Crippen LogP) is 3.45. The molecule has 17 heavy (non-hydrogen) atoms. The molecule has 0 aromatic carbocycles. The van der Waals surface area contributed by atoms with Crippen LogP contribution in [0.2, 0.25) is 0 Å². The van der Waals surface area contributed by atoms with Crippen molar-refractivity contribution in [3.8, 4) is 0 Å². The van der Waals surface area contributed by atoms with Crippen LogP contribution in [0.5, 0.6) is 0 Å². The summed E-state index contributed by atoms with van der Waals surface area (Å²) in [4.78, 5) is 11.8. The first-order chi connectivity index (χ1) is 7.79. The third kappa shape index (κ3) is 3.45. The maximum Gasteiger partial charge on any atom is 0.225 e. The molecule has 2 nitrogen and oxygen atoms in total. The average molecular weight is 235 g/mol. The van der Waals surface area contributed by atoms with Crippen molar-refractivity contribution >= 4 is 5.91 Å². The molecular formula is C15H25NO. The molecule has 0 aromatic heterocycles. The van der Waals surface area contributed by atoms with E-state index in [0.717, 1.165) is 19.3 Å². The molecule has 0 heterocycles. The van der Waals surface area contributed by atoms with Gasteiger partial charge < -0.3 is 5.32 Å². The Morgan fingerprint density at radius 3 is 2.41 bits per heavy atom. The first-order valence-electron chi connectivity index (χ1n) is 6.39. The monoisotopic (exact) mass is 235 g/mol. The van der Waals surface area contributed by atoms with E-state index in [-0.39, 0.29) is 16.7 Å². The molecule has 0 saturated carbocycles.